The lowest BCUT2D eigenvalue weighted by Gasteiger charge is -2.40. The summed E-state index contributed by atoms with van der Waals surface area (Å²) in [5.74, 6) is 0. The van der Waals surface area contributed by atoms with E-state index in [1.165, 1.54) is 0 Å². The van der Waals surface area contributed by atoms with Crippen LogP contribution in [0.2, 0.25) is 0 Å². The molecular weight excluding hydrogens is 313 g/mol. The molecule has 5 nitrogen and oxygen atoms in total. The highest BCUT2D eigenvalue weighted by Gasteiger charge is 2.36. The summed E-state index contributed by atoms with van der Waals surface area (Å²) >= 11 is 0. The second kappa shape index (κ2) is 7.70. The minimum atomic E-state index is -4.23. The molecule has 0 aromatic rings. The van der Waals surface area contributed by atoms with Crippen molar-refractivity contribution in [2.45, 2.75) is 76.4 Å². The van der Waals surface area contributed by atoms with Crippen LogP contribution in [-0.2, 0) is 4.74 Å². The Morgan fingerprint density at radius 1 is 1.30 bits per heavy atom. The Kier molecular flexibility index (Phi) is 6.70. The average molecular weight is 340 g/mol. The van der Waals surface area contributed by atoms with Gasteiger partial charge < -0.3 is 20.1 Å². The number of nitrogens with zero attached hydrogens (tertiary/aromatic N) is 1. The molecule has 0 bridgehead atoms. The summed E-state index contributed by atoms with van der Waals surface area (Å²) in [4.78, 5) is 13.5. The molecule has 0 aromatic carbocycles. The van der Waals surface area contributed by atoms with E-state index in [9.17, 15) is 23.1 Å². The normalized spacial score (nSPS) is 26.2. The third kappa shape index (κ3) is 7.87. The highest BCUT2D eigenvalue weighted by Crippen LogP contribution is 2.26. The molecule has 0 aromatic heterocycles. The number of alkyl halides is 3. The number of aliphatic hydroxyl groups is 1. The Bertz CT molecular complexity index is 396. The first-order valence-electron chi connectivity index (χ1n) is 7.82. The van der Waals surface area contributed by atoms with E-state index in [0.717, 1.165) is 0 Å². The van der Waals surface area contributed by atoms with Crippen LogP contribution in [0.1, 0.15) is 46.5 Å². The Morgan fingerprint density at radius 2 is 1.91 bits per heavy atom. The van der Waals surface area contributed by atoms with Crippen LogP contribution in [0.15, 0.2) is 0 Å². The van der Waals surface area contributed by atoms with Crippen molar-refractivity contribution in [1.29, 1.82) is 0 Å². The van der Waals surface area contributed by atoms with Gasteiger partial charge in [-0.2, -0.15) is 13.2 Å². The SMILES string of the molecule is CN(CCC(F)(F)F)C1CC(O)CCC1NC(=O)OC(C)(C)C. The highest BCUT2D eigenvalue weighted by molar-refractivity contribution is 5.68. The van der Waals surface area contributed by atoms with Crippen LogP contribution in [0.25, 0.3) is 0 Å². The van der Waals surface area contributed by atoms with E-state index in [0.29, 0.717) is 19.3 Å². The number of nitrogens with one attached hydrogen (secondary N) is 1. The van der Waals surface area contributed by atoms with Gasteiger partial charge in [0.2, 0.25) is 0 Å². The van der Waals surface area contributed by atoms with Gasteiger partial charge in [-0.15, -0.1) is 0 Å². The second-order valence-electron chi connectivity index (χ2n) is 7.13. The van der Waals surface area contributed by atoms with Crippen LogP contribution in [-0.4, -0.2) is 59.7 Å². The largest absolute Gasteiger partial charge is 0.444 e. The fourth-order valence-corrected chi connectivity index (χ4v) is 2.71. The van der Waals surface area contributed by atoms with Gasteiger partial charge in [-0.1, -0.05) is 0 Å². The van der Waals surface area contributed by atoms with Gasteiger partial charge in [-0.3, -0.25) is 0 Å². The van der Waals surface area contributed by atoms with Crippen molar-refractivity contribution in [1.82, 2.24) is 10.2 Å². The Morgan fingerprint density at radius 3 is 2.43 bits per heavy atom. The molecule has 2 N–H and O–H groups in total. The van der Waals surface area contributed by atoms with Gasteiger partial charge in [0.25, 0.3) is 0 Å². The zero-order chi connectivity index (χ0) is 17.8. The quantitative estimate of drug-likeness (QED) is 0.826. The molecule has 1 fully saturated rings. The Hall–Kier alpha value is -1.02. The lowest BCUT2D eigenvalue weighted by Crippen LogP contribution is -2.55. The van der Waals surface area contributed by atoms with Crippen LogP contribution in [0.3, 0.4) is 0 Å². The zero-order valence-electron chi connectivity index (χ0n) is 14.1. The molecule has 136 valence electrons. The van der Waals surface area contributed by atoms with Crippen molar-refractivity contribution in [2.24, 2.45) is 0 Å². The van der Waals surface area contributed by atoms with Crippen LogP contribution >= 0.6 is 0 Å². The van der Waals surface area contributed by atoms with E-state index in [4.69, 9.17) is 4.74 Å². The lowest BCUT2D eigenvalue weighted by molar-refractivity contribution is -0.139. The van der Waals surface area contributed by atoms with Gasteiger partial charge in [0.1, 0.15) is 5.60 Å². The summed E-state index contributed by atoms with van der Waals surface area (Å²) in [6.45, 7) is 5.05. The number of alkyl carbamates (subject to hydrolysis) is 1. The molecule has 0 heterocycles. The zero-order valence-corrected chi connectivity index (χ0v) is 14.1. The van der Waals surface area contributed by atoms with E-state index in [1.807, 2.05) is 0 Å². The standard InChI is InChI=1S/C15H27F3N2O3/c1-14(2,3)23-13(22)19-11-6-5-10(21)9-12(11)20(4)8-7-15(16,17)18/h10-12,21H,5-9H2,1-4H3,(H,19,22). The number of amides is 1. The molecule has 3 atom stereocenters. The molecule has 23 heavy (non-hydrogen) atoms. The van der Waals surface area contributed by atoms with Crippen molar-refractivity contribution in [3.05, 3.63) is 0 Å². The van der Waals surface area contributed by atoms with Crippen molar-refractivity contribution >= 4 is 6.09 Å². The van der Waals surface area contributed by atoms with Gasteiger partial charge in [0.05, 0.1) is 12.5 Å². The number of ether oxygens (including phenoxy) is 1. The van der Waals surface area contributed by atoms with Gasteiger partial charge in [0, 0.05) is 18.6 Å². The Balaban J connectivity index is 2.65. The summed E-state index contributed by atoms with van der Waals surface area (Å²) in [6, 6.07) is -0.694. The number of hydrogen-bond acceptors (Lipinski definition) is 4. The molecule has 1 aliphatic rings. The maximum absolute atomic E-state index is 12.4. The van der Waals surface area contributed by atoms with Crippen LogP contribution < -0.4 is 5.32 Å². The summed E-state index contributed by atoms with van der Waals surface area (Å²) in [5, 5.41) is 12.5. The van der Waals surface area contributed by atoms with Crippen molar-refractivity contribution in [3.63, 3.8) is 0 Å². The second-order valence-corrected chi connectivity index (χ2v) is 7.13. The van der Waals surface area contributed by atoms with Crippen molar-refractivity contribution < 1.29 is 27.8 Å². The molecule has 0 radical (unpaired) electrons. The first-order valence-corrected chi connectivity index (χ1v) is 7.82. The summed E-state index contributed by atoms with van der Waals surface area (Å²) in [5.41, 5.74) is -0.643. The van der Waals surface area contributed by atoms with Crippen molar-refractivity contribution in [3.8, 4) is 0 Å². The van der Waals surface area contributed by atoms with Gasteiger partial charge in [-0.25, -0.2) is 4.79 Å². The number of carbonyl (C=O) groups is 1. The maximum Gasteiger partial charge on any atom is 0.407 e. The van der Waals surface area contributed by atoms with Gasteiger partial charge in [-0.05, 0) is 47.1 Å². The van der Waals surface area contributed by atoms with Crippen LogP contribution in [0.4, 0.5) is 18.0 Å². The van der Waals surface area contributed by atoms with Crippen LogP contribution in [0, 0.1) is 0 Å². The molecule has 1 aliphatic carbocycles. The molecule has 1 saturated carbocycles. The molecule has 3 unspecified atom stereocenters. The maximum atomic E-state index is 12.4. The third-order valence-electron chi connectivity index (χ3n) is 3.81. The monoisotopic (exact) mass is 340 g/mol. The van der Waals surface area contributed by atoms with Crippen LogP contribution in [0.5, 0.6) is 0 Å². The number of likely N-dealkylation sites (N-methyl/N-ethyl adjacent to an activating group) is 1. The van der Waals surface area contributed by atoms with E-state index < -0.39 is 30.4 Å². The summed E-state index contributed by atoms with van der Waals surface area (Å²) in [7, 11) is 1.58. The predicted octanol–water partition coefficient (Wildman–Crippen LogP) is 2.68. The minimum Gasteiger partial charge on any atom is -0.444 e. The molecule has 0 saturated heterocycles. The highest BCUT2D eigenvalue weighted by atomic mass is 19.4. The molecule has 1 amide bonds. The number of carbonyl (C=O) groups excluding carboxylic acids is 1. The topological polar surface area (TPSA) is 61.8 Å². The number of rotatable bonds is 4. The molecule has 0 aliphatic heterocycles. The van der Waals surface area contributed by atoms with E-state index in [-0.39, 0.29) is 18.6 Å². The third-order valence-corrected chi connectivity index (χ3v) is 3.81. The number of hydrogen-bond donors (Lipinski definition) is 2. The first-order chi connectivity index (χ1) is 10.4. The lowest BCUT2D eigenvalue weighted by atomic mass is 9.87. The van der Waals surface area contributed by atoms with E-state index >= 15 is 0 Å². The smallest absolute Gasteiger partial charge is 0.407 e. The fraction of sp³-hybridized carbons (Fsp3) is 0.933. The minimum absolute atomic E-state index is 0.173. The first kappa shape index (κ1) is 20.0. The number of aliphatic hydroxyl groups excluding tert-OH is 1. The average Bonchev–Trinajstić information content (AvgIpc) is 2.35. The molecule has 8 heteroatoms. The predicted molar refractivity (Wildman–Crippen MR) is 80.1 cm³/mol. The summed E-state index contributed by atoms with van der Waals surface area (Å²) < 4.78 is 42.4. The summed E-state index contributed by atoms with van der Waals surface area (Å²) in [6.07, 6.45) is -4.97. The van der Waals surface area contributed by atoms with E-state index in [2.05, 4.69) is 5.32 Å². The Labute approximate surface area is 135 Å². The van der Waals surface area contributed by atoms with Crippen molar-refractivity contribution in [2.75, 3.05) is 13.6 Å². The molecular formula is C15H27F3N2O3. The van der Waals surface area contributed by atoms with E-state index in [1.54, 1.807) is 32.7 Å². The number of halogens is 3. The molecule has 1 rings (SSSR count). The van der Waals surface area contributed by atoms with Gasteiger partial charge in [0.15, 0.2) is 0 Å². The fourth-order valence-electron chi connectivity index (χ4n) is 2.71. The molecule has 0 spiro atoms. The van der Waals surface area contributed by atoms with Gasteiger partial charge >= 0.3 is 12.3 Å².